The average molecular weight is 382 g/mol. The lowest BCUT2D eigenvalue weighted by molar-refractivity contribution is 0.221. The number of thioether (sulfide) groups is 1. The van der Waals surface area contributed by atoms with Crippen molar-refractivity contribution >= 4 is 17.4 Å². The molecule has 27 heavy (non-hydrogen) atoms. The molecule has 1 aliphatic rings. The Hall–Kier alpha value is -2.54. The zero-order valence-electron chi connectivity index (χ0n) is 15.3. The van der Waals surface area contributed by atoms with E-state index in [4.69, 9.17) is 4.74 Å². The zero-order chi connectivity index (χ0) is 18.5. The van der Waals surface area contributed by atoms with E-state index in [1.54, 1.807) is 11.8 Å². The van der Waals surface area contributed by atoms with E-state index >= 15 is 0 Å². The van der Waals surface area contributed by atoms with E-state index in [9.17, 15) is 0 Å². The summed E-state index contributed by atoms with van der Waals surface area (Å²) in [5.41, 5.74) is 3.50. The number of H-pyrrole nitrogens is 1. The van der Waals surface area contributed by atoms with Crippen LogP contribution in [0.15, 0.2) is 47.8 Å². The molecule has 1 aliphatic heterocycles. The van der Waals surface area contributed by atoms with Crippen molar-refractivity contribution in [3.63, 3.8) is 0 Å². The van der Waals surface area contributed by atoms with Crippen molar-refractivity contribution in [1.29, 1.82) is 0 Å². The molecule has 3 aromatic rings. The number of aromatic amines is 1. The van der Waals surface area contributed by atoms with Crippen molar-refractivity contribution in [2.45, 2.75) is 44.0 Å². The van der Waals surface area contributed by atoms with Crippen molar-refractivity contribution in [2.75, 3.05) is 11.1 Å². The summed E-state index contributed by atoms with van der Waals surface area (Å²) in [4.78, 5) is 7.87. The third kappa shape index (κ3) is 4.08. The van der Waals surface area contributed by atoms with E-state index in [2.05, 4.69) is 32.4 Å². The molecule has 2 N–H and O–H groups in total. The van der Waals surface area contributed by atoms with Gasteiger partial charge in [0.25, 0.3) is 0 Å². The number of fused-ring (bicyclic) bond motifs is 3. The molecule has 0 saturated heterocycles. The number of para-hydroxylation sites is 1. The largest absolute Gasteiger partial charge is 0.446 e. The van der Waals surface area contributed by atoms with Crippen LogP contribution in [-0.4, -0.2) is 25.9 Å². The lowest BCUT2D eigenvalue weighted by Gasteiger charge is -2.17. The average Bonchev–Trinajstić information content (AvgIpc) is 3.18. The number of hydrogen-bond donors (Lipinski definition) is 2. The van der Waals surface area contributed by atoms with Gasteiger partial charge in [0.05, 0.1) is 5.69 Å². The Morgan fingerprint density at radius 1 is 1.07 bits per heavy atom. The summed E-state index contributed by atoms with van der Waals surface area (Å²) in [6.07, 6.45) is 6.43. The molecule has 0 aliphatic carbocycles. The minimum Gasteiger partial charge on any atom is -0.446 e. The van der Waals surface area contributed by atoms with Crippen molar-refractivity contribution in [3.05, 3.63) is 48.3 Å². The number of nitrogens with zero attached hydrogens (tertiary/aromatic N) is 3. The number of rotatable bonds is 7. The SMILES string of the molecule is CCCCCCSc1nnc2c(n1)OC(c1ccc[nH]1)Nc1ccccc1-2. The normalized spacial score (nSPS) is 15.2. The Balaban J connectivity index is 1.61. The van der Waals surface area contributed by atoms with Crippen LogP contribution >= 0.6 is 11.8 Å². The number of benzene rings is 1. The first-order valence-electron chi connectivity index (χ1n) is 9.38. The van der Waals surface area contributed by atoms with Gasteiger partial charge in [-0.25, -0.2) is 0 Å². The van der Waals surface area contributed by atoms with Crippen molar-refractivity contribution < 1.29 is 4.74 Å². The second kappa shape index (κ2) is 8.43. The number of hydrogen-bond acceptors (Lipinski definition) is 6. The maximum absolute atomic E-state index is 6.20. The summed E-state index contributed by atoms with van der Waals surface area (Å²) >= 11 is 1.64. The molecule has 0 radical (unpaired) electrons. The molecular formula is C20H23N5OS. The summed E-state index contributed by atoms with van der Waals surface area (Å²) in [6, 6.07) is 11.9. The van der Waals surface area contributed by atoms with Crippen LogP contribution in [0.4, 0.5) is 5.69 Å². The number of aromatic nitrogens is 4. The molecule has 4 rings (SSSR count). The standard InChI is InChI=1S/C20H23N5OS/c1-2-3-4-7-13-27-20-23-19-17(24-25-20)14-9-5-6-10-15(14)22-18(26-19)16-11-8-12-21-16/h5-6,8-12,18,21-22H,2-4,7,13H2,1H3. The van der Waals surface area contributed by atoms with E-state index in [1.807, 2.05) is 42.6 Å². The molecule has 0 spiro atoms. The number of anilines is 1. The first-order valence-corrected chi connectivity index (χ1v) is 10.4. The van der Waals surface area contributed by atoms with Crippen LogP contribution in [0.1, 0.15) is 44.5 Å². The van der Waals surface area contributed by atoms with E-state index < -0.39 is 0 Å². The molecule has 0 amide bonds. The van der Waals surface area contributed by atoms with Crippen molar-refractivity contribution in [1.82, 2.24) is 20.2 Å². The van der Waals surface area contributed by atoms with E-state index in [0.717, 1.165) is 29.1 Å². The Kier molecular flexibility index (Phi) is 5.58. The van der Waals surface area contributed by atoms with Gasteiger partial charge >= 0.3 is 0 Å². The van der Waals surface area contributed by atoms with Gasteiger partial charge in [0.1, 0.15) is 0 Å². The Morgan fingerprint density at radius 2 is 2.00 bits per heavy atom. The van der Waals surface area contributed by atoms with Gasteiger partial charge in [-0.05, 0) is 24.6 Å². The lowest BCUT2D eigenvalue weighted by atomic mass is 10.1. The number of unbranched alkanes of at least 4 members (excludes halogenated alkanes) is 3. The third-order valence-electron chi connectivity index (χ3n) is 4.47. The molecular weight excluding hydrogens is 358 g/mol. The van der Waals surface area contributed by atoms with Gasteiger partial charge in [0, 0.05) is 23.2 Å². The van der Waals surface area contributed by atoms with Crippen LogP contribution in [0.2, 0.25) is 0 Å². The van der Waals surface area contributed by atoms with Crippen LogP contribution in [0.5, 0.6) is 5.88 Å². The summed E-state index contributed by atoms with van der Waals surface area (Å²) in [5.74, 6) is 1.51. The second-order valence-corrected chi connectivity index (χ2v) is 7.53. The van der Waals surface area contributed by atoms with Crippen LogP contribution in [0.25, 0.3) is 11.3 Å². The molecule has 0 bridgehead atoms. The third-order valence-corrected chi connectivity index (χ3v) is 5.39. The van der Waals surface area contributed by atoms with Crippen molar-refractivity contribution in [3.8, 4) is 17.1 Å². The highest BCUT2D eigenvalue weighted by molar-refractivity contribution is 7.99. The van der Waals surface area contributed by atoms with E-state index in [1.165, 1.54) is 19.3 Å². The Morgan fingerprint density at radius 3 is 2.85 bits per heavy atom. The molecule has 0 fully saturated rings. The minimum atomic E-state index is -0.360. The lowest BCUT2D eigenvalue weighted by Crippen LogP contribution is -2.17. The highest BCUT2D eigenvalue weighted by Crippen LogP contribution is 2.39. The van der Waals surface area contributed by atoms with Crippen molar-refractivity contribution in [2.24, 2.45) is 0 Å². The fourth-order valence-corrected chi connectivity index (χ4v) is 3.83. The molecule has 1 aromatic carbocycles. The second-order valence-electron chi connectivity index (χ2n) is 6.47. The molecule has 7 heteroatoms. The van der Waals surface area contributed by atoms with Gasteiger partial charge in [0.15, 0.2) is 5.69 Å². The maximum atomic E-state index is 6.20. The van der Waals surface area contributed by atoms with Gasteiger partial charge in [-0.2, -0.15) is 4.98 Å². The van der Waals surface area contributed by atoms with Gasteiger partial charge in [0.2, 0.25) is 17.3 Å². The van der Waals surface area contributed by atoms with Crippen LogP contribution in [-0.2, 0) is 0 Å². The summed E-state index contributed by atoms with van der Waals surface area (Å²) in [5, 5.41) is 12.9. The molecule has 6 nitrogen and oxygen atoms in total. The highest BCUT2D eigenvalue weighted by Gasteiger charge is 2.26. The Labute approximate surface area is 163 Å². The highest BCUT2D eigenvalue weighted by atomic mass is 32.2. The molecule has 1 unspecified atom stereocenters. The molecule has 3 heterocycles. The minimum absolute atomic E-state index is 0.360. The monoisotopic (exact) mass is 381 g/mol. The van der Waals surface area contributed by atoms with Gasteiger partial charge < -0.3 is 15.0 Å². The number of nitrogens with one attached hydrogen (secondary N) is 2. The Bertz CT molecular complexity index is 884. The van der Waals surface area contributed by atoms with E-state index in [0.29, 0.717) is 16.7 Å². The summed E-state index contributed by atoms with van der Waals surface area (Å²) in [6.45, 7) is 2.22. The fourth-order valence-electron chi connectivity index (χ4n) is 3.05. The fraction of sp³-hybridized carbons (Fsp3) is 0.350. The van der Waals surface area contributed by atoms with Crippen LogP contribution < -0.4 is 10.1 Å². The summed E-state index contributed by atoms with van der Waals surface area (Å²) < 4.78 is 6.20. The first kappa shape index (κ1) is 17.9. The smallest absolute Gasteiger partial charge is 0.247 e. The van der Waals surface area contributed by atoms with Crippen LogP contribution in [0, 0.1) is 0 Å². The molecule has 0 saturated carbocycles. The number of ether oxygens (including phenoxy) is 1. The molecule has 1 atom stereocenters. The maximum Gasteiger partial charge on any atom is 0.247 e. The topological polar surface area (TPSA) is 75.7 Å². The zero-order valence-corrected chi connectivity index (χ0v) is 16.1. The first-order chi connectivity index (χ1) is 13.3. The van der Waals surface area contributed by atoms with Crippen LogP contribution in [0.3, 0.4) is 0 Å². The quantitative estimate of drug-likeness (QED) is 0.441. The molecule has 140 valence electrons. The predicted octanol–water partition coefficient (Wildman–Crippen LogP) is 5.04. The van der Waals surface area contributed by atoms with E-state index in [-0.39, 0.29) is 6.23 Å². The summed E-state index contributed by atoms with van der Waals surface area (Å²) in [7, 11) is 0. The van der Waals surface area contributed by atoms with Gasteiger partial charge in [-0.1, -0.05) is 56.1 Å². The molecule has 2 aromatic heterocycles. The van der Waals surface area contributed by atoms with Gasteiger partial charge in [-0.3, -0.25) is 0 Å². The predicted molar refractivity (Wildman–Crippen MR) is 108 cm³/mol. The van der Waals surface area contributed by atoms with Gasteiger partial charge in [-0.15, -0.1) is 10.2 Å².